The highest BCUT2D eigenvalue weighted by Crippen LogP contribution is 2.20. The predicted molar refractivity (Wildman–Crippen MR) is 190 cm³/mol. The monoisotopic (exact) mass is 630 g/mol. The van der Waals surface area contributed by atoms with Gasteiger partial charge in [0.05, 0.1) is 31.9 Å². The molecule has 0 saturated heterocycles. The van der Waals surface area contributed by atoms with Crippen LogP contribution in [-0.4, -0.2) is 49.4 Å². The second-order valence-electron chi connectivity index (χ2n) is 14.0. The van der Waals surface area contributed by atoms with Crippen molar-refractivity contribution in [2.24, 2.45) is 0 Å². The standard InChI is InChI=1S/C38H79NO3S/c1-4-7-10-13-16-19-22-25-28-31-34-39(37-38-43(40,41)42,35-32-29-26-23-20-17-14-11-8-5-2)36-33-30-27-24-21-18-15-12-9-6-3/h4-38H2,1-3H3. The van der Waals surface area contributed by atoms with Crippen molar-refractivity contribution in [3.63, 3.8) is 0 Å². The molecule has 0 atom stereocenters. The Hall–Kier alpha value is -0.130. The summed E-state index contributed by atoms with van der Waals surface area (Å²) in [6.45, 7) is 10.5. The molecule has 0 bridgehead atoms. The lowest BCUT2D eigenvalue weighted by atomic mass is 10.0. The Morgan fingerprint density at radius 1 is 0.349 bits per heavy atom. The lowest BCUT2D eigenvalue weighted by Gasteiger charge is -2.40. The Morgan fingerprint density at radius 3 is 0.767 bits per heavy atom. The van der Waals surface area contributed by atoms with E-state index in [1.54, 1.807) is 0 Å². The van der Waals surface area contributed by atoms with E-state index in [2.05, 4.69) is 20.8 Å². The summed E-state index contributed by atoms with van der Waals surface area (Å²) in [6, 6.07) is 0. The Balaban J connectivity index is 4.74. The van der Waals surface area contributed by atoms with Crippen LogP contribution < -0.4 is 0 Å². The van der Waals surface area contributed by atoms with Gasteiger partial charge in [-0.2, -0.15) is 0 Å². The normalized spacial score (nSPS) is 12.4. The van der Waals surface area contributed by atoms with Crippen LogP contribution in [0.4, 0.5) is 0 Å². The van der Waals surface area contributed by atoms with Crippen molar-refractivity contribution >= 4 is 10.1 Å². The molecule has 0 amide bonds. The smallest absolute Gasteiger partial charge is 0.100 e. The summed E-state index contributed by atoms with van der Waals surface area (Å²) in [5.41, 5.74) is 0. The maximum atomic E-state index is 11.7. The molecule has 0 aliphatic heterocycles. The van der Waals surface area contributed by atoms with Gasteiger partial charge in [-0.3, -0.25) is 0 Å². The minimum absolute atomic E-state index is 0.194. The third-order valence-electron chi connectivity index (χ3n) is 9.77. The lowest BCUT2D eigenvalue weighted by Crippen LogP contribution is -2.52. The third kappa shape index (κ3) is 31.6. The number of hydrogen-bond acceptors (Lipinski definition) is 3. The fourth-order valence-corrected chi connectivity index (χ4v) is 7.39. The van der Waals surface area contributed by atoms with Gasteiger partial charge >= 0.3 is 0 Å². The number of hydrogen-bond donors (Lipinski definition) is 0. The van der Waals surface area contributed by atoms with Gasteiger partial charge in [0, 0.05) is 0 Å². The molecule has 5 heteroatoms. The van der Waals surface area contributed by atoms with Crippen LogP contribution in [0.5, 0.6) is 0 Å². The molecule has 0 spiro atoms. The van der Waals surface area contributed by atoms with Crippen molar-refractivity contribution in [3.8, 4) is 0 Å². The quantitative estimate of drug-likeness (QED) is 0.0393. The van der Waals surface area contributed by atoms with Crippen molar-refractivity contribution in [1.82, 2.24) is 0 Å². The first kappa shape index (κ1) is 42.9. The van der Waals surface area contributed by atoms with Crippen LogP contribution in [-0.2, 0) is 10.1 Å². The van der Waals surface area contributed by atoms with Crippen LogP contribution in [0.15, 0.2) is 0 Å². The average molecular weight is 630 g/mol. The maximum absolute atomic E-state index is 11.7. The van der Waals surface area contributed by atoms with Gasteiger partial charge in [-0.1, -0.05) is 175 Å². The molecule has 0 aromatic carbocycles. The number of quaternary nitrogens is 1. The Morgan fingerprint density at radius 2 is 0.558 bits per heavy atom. The van der Waals surface area contributed by atoms with Crippen molar-refractivity contribution in [3.05, 3.63) is 0 Å². The molecule has 4 nitrogen and oxygen atoms in total. The average Bonchev–Trinajstić information content (AvgIpc) is 2.98. The molecule has 0 aromatic rings. The van der Waals surface area contributed by atoms with Gasteiger partial charge in [-0.05, 0) is 38.5 Å². The topological polar surface area (TPSA) is 57.2 Å². The second-order valence-corrected chi connectivity index (χ2v) is 15.6. The fourth-order valence-electron chi connectivity index (χ4n) is 6.78. The van der Waals surface area contributed by atoms with E-state index in [0.717, 1.165) is 24.1 Å². The maximum Gasteiger partial charge on any atom is 0.100 e. The molecule has 0 unspecified atom stereocenters. The summed E-state index contributed by atoms with van der Waals surface area (Å²) in [6.07, 6.45) is 39.7. The molecule has 260 valence electrons. The van der Waals surface area contributed by atoms with E-state index in [1.165, 1.54) is 193 Å². The summed E-state index contributed by atoms with van der Waals surface area (Å²) in [7, 11) is -4.18. The first-order chi connectivity index (χ1) is 20.9. The van der Waals surface area contributed by atoms with Crippen LogP contribution in [0.25, 0.3) is 0 Å². The molecule has 0 aliphatic carbocycles. The minimum Gasteiger partial charge on any atom is -0.748 e. The highest BCUT2D eigenvalue weighted by Gasteiger charge is 2.27. The largest absolute Gasteiger partial charge is 0.748 e. The highest BCUT2D eigenvalue weighted by atomic mass is 32.2. The summed E-state index contributed by atoms with van der Waals surface area (Å²) in [4.78, 5) is 0. The number of nitrogens with zero attached hydrogens (tertiary/aromatic N) is 1. The van der Waals surface area contributed by atoms with Crippen molar-refractivity contribution in [2.45, 2.75) is 213 Å². The van der Waals surface area contributed by atoms with E-state index in [-0.39, 0.29) is 5.75 Å². The fraction of sp³-hybridized carbons (Fsp3) is 1.00. The van der Waals surface area contributed by atoms with Gasteiger partial charge < -0.3 is 9.04 Å². The summed E-state index contributed by atoms with van der Waals surface area (Å²) >= 11 is 0. The van der Waals surface area contributed by atoms with E-state index < -0.39 is 10.1 Å². The zero-order valence-electron chi connectivity index (χ0n) is 29.8. The predicted octanol–water partition coefficient (Wildman–Crippen LogP) is 12.1. The number of rotatable bonds is 36. The van der Waals surface area contributed by atoms with Crippen molar-refractivity contribution in [2.75, 3.05) is 31.9 Å². The van der Waals surface area contributed by atoms with Gasteiger partial charge in [-0.25, -0.2) is 8.42 Å². The van der Waals surface area contributed by atoms with Gasteiger partial charge in [-0.15, -0.1) is 0 Å². The molecule has 0 N–H and O–H groups in total. The summed E-state index contributed by atoms with van der Waals surface area (Å²) in [5, 5.41) is 0. The Bertz CT molecular complexity index is 592. The van der Waals surface area contributed by atoms with Gasteiger partial charge in [0.1, 0.15) is 10.1 Å². The highest BCUT2D eigenvalue weighted by molar-refractivity contribution is 7.85. The molecule has 0 rings (SSSR count). The molecule has 0 saturated carbocycles. The van der Waals surface area contributed by atoms with E-state index >= 15 is 0 Å². The first-order valence-corrected chi connectivity index (χ1v) is 21.3. The lowest BCUT2D eigenvalue weighted by molar-refractivity contribution is -0.926. The van der Waals surface area contributed by atoms with Crippen LogP contribution >= 0.6 is 0 Å². The molecule has 0 radical (unpaired) electrons. The van der Waals surface area contributed by atoms with Gasteiger partial charge in [0.25, 0.3) is 0 Å². The van der Waals surface area contributed by atoms with Crippen LogP contribution in [0.2, 0.25) is 0 Å². The zero-order chi connectivity index (χ0) is 31.7. The molecule has 0 aliphatic rings. The minimum atomic E-state index is -4.18. The van der Waals surface area contributed by atoms with E-state index in [1.807, 2.05) is 0 Å². The van der Waals surface area contributed by atoms with Crippen LogP contribution in [0.1, 0.15) is 213 Å². The first-order valence-electron chi connectivity index (χ1n) is 19.7. The molecular formula is C38H79NO3S. The second kappa shape index (κ2) is 31.8. The summed E-state index contributed by atoms with van der Waals surface area (Å²) in [5.74, 6) is -0.194. The SMILES string of the molecule is CCCCCCCCCCCC[N+](CCCCCCCCCCCC)(CCCCCCCCCCCC)CCS(=O)(=O)[O-]. The molecular weight excluding hydrogens is 550 g/mol. The molecule has 0 fully saturated rings. The van der Waals surface area contributed by atoms with Crippen molar-refractivity contribution < 1.29 is 17.5 Å². The van der Waals surface area contributed by atoms with Crippen LogP contribution in [0.3, 0.4) is 0 Å². The molecule has 0 aromatic heterocycles. The van der Waals surface area contributed by atoms with E-state index in [9.17, 15) is 13.0 Å². The van der Waals surface area contributed by atoms with Gasteiger partial charge in [0.2, 0.25) is 0 Å². The Labute approximate surface area is 272 Å². The Kier molecular flexibility index (Phi) is 31.7. The van der Waals surface area contributed by atoms with Crippen LogP contribution in [0, 0.1) is 0 Å². The van der Waals surface area contributed by atoms with E-state index in [0.29, 0.717) is 6.54 Å². The van der Waals surface area contributed by atoms with Crippen molar-refractivity contribution in [1.29, 1.82) is 0 Å². The molecule has 43 heavy (non-hydrogen) atoms. The number of unbranched alkanes of at least 4 members (excludes halogenated alkanes) is 27. The zero-order valence-corrected chi connectivity index (χ0v) is 30.6. The van der Waals surface area contributed by atoms with Gasteiger partial charge in [0.15, 0.2) is 0 Å². The third-order valence-corrected chi connectivity index (χ3v) is 10.5. The summed E-state index contributed by atoms with van der Waals surface area (Å²) < 4.78 is 36.1. The van der Waals surface area contributed by atoms with E-state index in [4.69, 9.17) is 0 Å². The molecule has 0 heterocycles.